The van der Waals surface area contributed by atoms with E-state index in [0.717, 1.165) is 50.2 Å². The molecule has 2 aromatic carbocycles. The van der Waals surface area contributed by atoms with Crippen molar-refractivity contribution in [1.29, 1.82) is 0 Å². The fraction of sp³-hybridized carbons (Fsp3) is 0.273. The SMILES string of the molecule is CN(c1ccccc1)c1ccnc(N2CCN(Cc3ccccc3)CC2)n1. The van der Waals surface area contributed by atoms with Gasteiger partial charge in [-0.1, -0.05) is 48.5 Å². The van der Waals surface area contributed by atoms with Crippen LogP contribution in [0.2, 0.25) is 0 Å². The number of rotatable bonds is 5. The molecule has 0 amide bonds. The van der Waals surface area contributed by atoms with Gasteiger partial charge in [-0.05, 0) is 23.8 Å². The van der Waals surface area contributed by atoms with Gasteiger partial charge in [-0.3, -0.25) is 4.90 Å². The van der Waals surface area contributed by atoms with E-state index in [2.05, 4.69) is 62.1 Å². The molecule has 138 valence electrons. The minimum absolute atomic E-state index is 0.814. The lowest BCUT2D eigenvalue weighted by Gasteiger charge is -2.35. The van der Waals surface area contributed by atoms with Crippen LogP contribution in [0.1, 0.15) is 5.56 Å². The lowest BCUT2D eigenvalue weighted by Crippen LogP contribution is -2.46. The zero-order chi connectivity index (χ0) is 18.5. The zero-order valence-electron chi connectivity index (χ0n) is 15.7. The van der Waals surface area contributed by atoms with E-state index in [9.17, 15) is 0 Å². The van der Waals surface area contributed by atoms with Gasteiger partial charge in [-0.25, -0.2) is 4.98 Å². The summed E-state index contributed by atoms with van der Waals surface area (Å²) < 4.78 is 0. The smallest absolute Gasteiger partial charge is 0.227 e. The van der Waals surface area contributed by atoms with E-state index < -0.39 is 0 Å². The van der Waals surface area contributed by atoms with Crippen molar-refractivity contribution in [2.45, 2.75) is 6.54 Å². The second-order valence-electron chi connectivity index (χ2n) is 6.86. The fourth-order valence-corrected chi connectivity index (χ4v) is 3.41. The van der Waals surface area contributed by atoms with Crippen molar-refractivity contribution in [2.24, 2.45) is 0 Å². The minimum Gasteiger partial charge on any atom is -0.338 e. The third kappa shape index (κ3) is 4.26. The van der Waals surface area contributed by atoms with Crippen LogP contribution < -0.4 is 9.80 Å². The summed E-state index contributed by atoms with van der Waals surface area (Å²) in [4.78, 5) is 16.2. The van der Waals surface area contributed by atoms with Gasteiger partial charge in [0.05, 0.1) is 0 Å². The van der Waals surface area contributed by atoms with Gasteiger partial charge < -0.3 is 9.80 Å². The van der Waals surface area contributed by atoms with Gasteiger partial charge in [0.2, 0.25) is 5.95 Å². The molecule has 0 bridgehead atoms. The number of aromatic nitrogens is 2. The van der Waals surface area contributed by atoms with Gasteiger partial charge in [0.15, 0.2) is 0 Å². The average molecular weight is 359 g/mol. The summed E-state index contributed by atoms with van der Waals surface area (Å²) in [5, 5.41) is 0. The van der Waals surface area contributed by atoms with Crippen molar-refractivity contribution < 1.29 is 0 Å². The Morgan fingerprint density at radius 3 is 2.22 bits per heavy atom. The largest absolute Gasteiger partial charge is 0.338 e. The molecule has 5 nitrogen and oxygen atoms in total. The van der Waals surface area contributed by atoms with Crippen LogP contribution in [0.15, 0.2) is 72.9 Å². The number of nitrogens with zero attached hydrogens (tertiary/aromatic N) is 5. The van der Waals surface area contributed by atoms with E-state index in [1.165, 1.54) is 5.56 Å². The van der Waals surface area contributed by atoms with Gasteiger partial charge in [0.25, 0.3) is 0 Å². The van der Waals surface area contributed by atoms with E-state index in [1.807, 2.05) is 37.5 Å². The highest BCUT2D eigenvalue weighted by Gasteiger charge is 2.19. The van der Waals surface area contributed by atoms with Gasteiger partial charge in [-0.2, -0.15) is 4.98 Å². The summed E-state index contributed by atoms with van der Waals surface area (Å²) in [5.41, 5.74) is 2.49. The van der Waals surface area contributed by atoms with Crippen LogP contribution in [0, 0.1) is 0 Å². The Bertz CT molecular complexity index is 845. The Balaban J connectivity index is 1.40. The first-order valence-corrected chi connectivity index (χ1v) is 9.43. The van der Waals surface area contributed by atoms with Crippen molar-refractivity contribution in [2.75, 3.05) is 43.0 Å². The first kappa shape index (κ1) is 17.5. The Morgan fingerprint density at radius 2 is 1.52 bits per heavy atom. The van der Waals surface area contributed by atoms with Crippen molar-refractivity contribution in [3.05, 3.63) is 78.5 Å². The summed E-state index contributed by atoms with van der Waals surface area (Å²) >= 11 is 0. The number of anilines is 3. The second kappa shape index (κ2) is 8.18. The first-order chi connectivity index (χ1) is 13.3. The summed E-state index contributed by atoms with van der Waals surface area (Å²) in [6, 6.07) is 22.9. The maximum atomic E-state index is 4.80. The fourth-order valence-electron chi connectivity index (χ4n) is 3.41. The number of hydrogen-bond acceptors (Lipinski definition) is 5. The Labute approximate surface area is 160 Å². The summed E-state index contributed by atoms with van der Waals surface area (Å²) in [6.45, 7) is 4.96. The monoisotopic (exact) mass is 359 g/mol. The molecule has 2 heterocycles. The number of benzene rings is 2. The second-order valence-corrected chi connectivity index (χ2v) is 6.86. The van der Waals surface area contributed by atoms with E-state index in [4.69, 9.17) is 4.98 Å². The number of piperazine rings is 1. The van der Waals surface area contributed by atoms with E-state index in [-0.39, 0.29) is 0 Å². The lowest BCUT2D eigenvalue weighted by atomic mass is 10.2. The maximum Gasteiger partial charge on any atom is 0.227 e. The molecular formula is C22H25N5. The predicted molar refractivity (Wildman–Crippen MR) is 110 cm³/mol. The maximum absolute atomic E-state index is 4.80. The van der Waals surface area contributed by atoms with Gasteiger partial charge in [-0.15, -0.1) is 0 Å². The Kier molecular flexibility index (Phi) is 5.30. The molecule has 1 aliphatic rings. The van der Waals surface area contributed by atoms with Crippen molar-refractivity contribution in [3.63, 3.8) is 0 Å². The quantitative estimate of drug-likeness (QED) is 0.696. The van der Waals surface area contributed by atoms with Crippen LogP contribution in [-0.2, 0) is 6.54 Å². The highest BCUT2D eigenvalue weighted by molar-refractivity contribution is 5.59. The van der Waals surface area contributed by atoms with E-state index in [0.29, 0.717) is 0 Å². The molecule has 3 aromatic rings. The summed E-state index contributed by atoms with van der Waals surface area (Å²) in [5.74, 6) is 1.73. The standard InChI is InChI=1S/C22H25N5/c1-25(20-10-6-3-7-11-20)21-12-13-23-22(24-21)27-16-14-26(15-17-27)18-19-8-4-2-5-9-19/h2-13H,14-18H2,1H3. The predicted octanol–water partition coefficient (Wildman–Crippen LogP) is 3.57. The molecule has 0 aliphatic carbocycles. The van der Waals surface area contributed by atoms with Gasteiger partial charge in [0, 0.05) is 51.7 Å². The molecule has 5 heteroatoms. The molecule has 1 aromatic heterocycles. The van der Waals surface area contributed by atoms with Crippen LogP contribution in [0.25, 0.3) is 0 Å². The minimum atomic E-state index is 0.814. The molecule has 0 unspecified atom stereocenters. The van der Waals surface area contributed by atoms with Crippen LogP contribution in [0.4, 0.5) is 17.5 Å². The molecule has 0 spiro atoms. The molecule has 1 fully saturated rings. The molecule has 0 N–H and O–H groups in total. The molecule has 1 saturated heterocycles. The highest BCUT2D eigenvalue weighted by Crippen LogP contribution is 2.23. The highest BCUT2D eigenvalue weighted by atomic mass is 15.3. The van der Waals surface area contributed by atoms with Crippen LogP contribution in [0.5, 0.6) is 0 Å². The van der Waals surface area contributed by atoms with Crippen LogP contribution >= 0.6 is 0 Å². The number of hydrogen-bond donors (Lipinski definition) is 0. The molecule has 27 heavy (non-hydrogen) atoms. The van der Waals surface area contributed by atoms with Gasteiger partial charge >= 0.3 is 0 Å². The average Bonchev–Trinajstić information content (AvgIpc) is 2.75. The van der Waals surface area contributed by atoms with Crippen LogP contribution in [0.3, 0.4) is 0 Å². The van der Waals surface area contributed by atoms with Crippen molar-refractivity contribution >= 4 is 17.5 Å². The number of para-hydroxylation sites is 1. The van der Waals surface area contributed by atoms with Gasteiger partial charge in [0.1, 0.15) is 5.82 Å². The molecule has 0 saturated carbocycles. The topological polar surface area (TPSA) is 35.5 Å². The Morgan fingerprint density at radius 1 is 0.852 bits per heavy atom. The van der Waals surface area contributed by atoms with Crippen LogP contribution in [-0.4, -0.2) is 48.1 Å². The molecule has 4 rings (SSSR count). The van der Waals surface area contributed by atoms with E-state index in [1.54, 1.807) is 0 Å². The third-order valence-corrected chi connectivity index (χ3v) is 5.02. The molecule has 1 aliphatic heterocycles. The van der Waals surface area contributed by atoms with E-state index >= 15 is 0 Å². The molecule has 0 atom stereocenters. The zero-order valence-corrected chi connectivity index (χ0v) is 15.7. The molecular weight excluding hydrogens is 334 g/mol. The summed E-state index contributed by atoms with van der Waals surface area (Å²) in [6.07, 6.45) is 1.85. The first-order valence-electron chi connectivity index (χ1n) is 9.43. The summed E-state index contributed by atoms with van der Waals surface area (Å²) in [7, 11) is 2.04. The van der Waals surface area contributed by atoms with Crippen molar-refractivity contribution in [1.82, 2.24) is 14.9 Å². The lowest BCUT2D eigenvalue weighted by molar-refractivity contribution is 0.248. The third-order valence-electron chi connectivity index (χ3n) is 5.02. The molecule has 0 radical (unpaired) electrons. The van der Waals surface area contributed by atoms with Crippen molar-refractivity contribution in [3.8, 4) is 0 Å². The normalized spacial score (nSPS) is 14.9. The Hall–Kier alpha value is -2.92.